The van der Waals surface area contributed by atoms with Crippen molar-refractivity contribution in [3.63, 3.8) is 0 Å². The molecule has 1 fully saturated rings. The predicted molar refractivity (Wildman–Crippen MR) is 126 cm³/mol. The second-order valence-corrected chi connectivity index (χ2v) is 7.97. The molecule has 1 atom stereocenters. The van der Waals surface area contributed by atoms with Gasteiger partial charge < -0.3 is 10.2 Å². The first-order valence-corrected chi connectivity index (χ1v) is 10.2. The molecule has 2 aromatic carbocycles. The van der Waals surface area contributed by atoms with E-state index < -0.39 is 0 Å². The molecular formula is C24H36Cl2N2. The number of hydrogen-bond acceptors (Lipinski definition) is 2. The van der Waals surface area contributed by atoms with Gasteiger partial charge in [-0.1, -0.05) is 60.7 Å². The highest BCUT2D eigenvalue weighted by molar-refractivity contribution is 5.85. The Bertz CT molecular complexity index is 626. The van der Waals surface area contributed by atoms with Crippen LogP contribution in [0.15, 0.2) is 60.7 Å². The minimum Gasteiger partial charge on any atom is -0.314 e. The molecule has 0 saturated heterocycles. The van der Waals surface area contributed by atoms with E-state index in [2.05, 4.69) is 85.0 Å². The molecule has 1 aliphatic carbocycles. The van der Waals surface area contributed by atoms with E-state index in [0.717, 1.165) is 12.5 Å². The molecule has 1 N–H and O–H groups in total. The Morgan fingerprint density at radius 3 is 2.00 bits per heavy atom. The first kappa shape index (κ1) is 25.0. The molecule has 0 heterocycles. The first-order valence-electron chi connectivity index (χ1n) is 10.2. The first-order chi connectivity index (χ1) is 12.7. The van der Waals surface area contributed by atoms with Crippen LogP contribution in [0.2, 0.25) is 0 Å². The molecule has 2 nitrogen and oxygen atoms in total. The zero-order chi connectivity index (χ0) is 18.2. The number of aryl methyl sites for hydroxylation is 1. The van der Waals surface area contributed by atoms with E-state index in [9.17, 15) is 0 Å². The van der Waals surface area contributed by atoms with Crippen molar-refractivity contribution in [1.29, 1.82) is 0 Å². The van der Waals surface area contributed by atoms with Crippen LogP contribution < -0.4 is 5.32 Å². The summed E-state index contributed by atoms with van der Waals surface area (Å²) in [6.45, 7) is 1.14. The number of halogens is 2. The van der Waals surface area contributed by atoms with Crippen LogP contribution in [-0.2, 0) is 6.42 Å². The Morgan fingerprint density at radius 1 is 0.857 bits per heavy atom. The summed E-state index contributed by atoms with van der Waals surface area (Å²) >= 11 is 0. The fourth-order valence-corrected chi connectivity index (χ4v) is 4.52. The molecule has 2 aromatic rings. The Labute approximate surface area is 183 Å². The van der Waals surface area contributed by atoms with Gasteiger partial charge in [-0.25, -0.2) is 0 Å². The van der Waals surface area contributed by atoms with E-state index in [4.69, 9.17) is 0 Å². The molecule has 28 heavy (non-hydrogen) atoms. The smallest absolute Gasteiger partial charge is 0.0370 e. The van der Waals surface area contributed by atoms with Crippen LogP contribution in [0.25, 0.3) is 0 Å². The molecule has 0 bridgehead atoms. The van der Waals surface area contributed by atoms with Gasteiger partial charge in [0.15, 0.2) is 0 Å². The highest BCUT2D eigenvalue weighted by Crippen LogP contribution is 2.37. The SMILES string of the molecule is CN(C)C(c1ccccc1)C1CCC(NCCCc2ccccc2)CC1.Cl.Cl. The van der Waals surface area contributed by atoms with Gasteiger partial charge in [0.25, 0.3) is 0 Å². The lowest BCUT2D eigenvalue weighted by molar-refractivity contribution is 0.157. The number of hydrogen-bond donors (Lipinski definition) is 1. The van der Waals surface area contributed by atoms with Gasteiger partial charge in [-0.2, -0.15) is 0 Å². The third-order valence-electron chi connectivity index (χ3n) is 5.83. The molecule has 3 rings (SSSR count). The third kappa shape index (κ3) is 7.40. The highest BCUT2D eigenvalue weighted by atomic mass is 35.5. The summed E-state index contributed by atoms with van der Waals surface area (Å²) in [6, 6.07) is 23.1. The minimum absolute atomic E-state index is 0. The maximum atomic E-state index is 3.81. The van der Waals surface area contributed by atoms with Crippen molar-refractivity contribution in [2.45, 2.75) is 50.6 Å². The molecule has 0 radical (unpaired) electrons. The lowest BCUT2D eigenvalue weighted by atomic mass is 9.78. The van der Waals surface area contributed by atoms with Gasteiger partial charge in [0.05, 0.1) is 0 Å². The summed E-state index contributed by atoms with van der Waals surface area (Å²) in [5.74, 6) is 0.773. The molecule has 1 saturated carbocycles. The van der Waals surface area contributed by atoms with Crippen LogP contribution in [0.4, 0.5) is 0 Å². The van der Waals surface area contributed by atoms with E-state index in [1.54, 1.807) is 0 Å². The van der Waals surface area contributed by atoms with Crippen LogP contribution >= 0.6 is 24.8 Å². The quantitative estimate of drug-likeness (QED) is 0.531. The van der Waals surface area contributed by atoms with Crippen LogP contribution in [-0.4, -0.2) is 31.6 Å². The summed E-state index contributed by atoms with van der Waals surface area (Å²) in [6.07, 6.45) is 7.69. The molecule has 0 aliphatic heterocycles. The summed E-state index contributed by atoms with van der Waals surface area (Å²) < 4.78 is 0. The lowest BCUT2D eigenvalue weighted by Gasteiger charge is -2.38. The molecule has 0 spiro atoms. The van der Waals surface area contributed by atoms with E-state index >= 15 is 0 Å². The van der Waals surface area contributed by atoms with Crippen molar-refractivity contribution in [3.05, 3.63) is 71.8 Å². The third-order valence-corrected chi connectivity index (χ3v) is 5.83. The van der Waals surface area contributed by atoms with Gasteiger partial charge in [-0.15, -0.1) is 24.8 Å². The molecular weight excluding hydrogens is 387 g/mol. The summed E-state index contributed by atoms with van der Waals surface area (Å²) in [5, 5.41) is 3.81. The second kappa shape index (κ2) is 13.2. The van der Waals surface area contributed by atoms with Crippen molar-refractivity contribution in [2.75, 3.05) is 20.6 Å². The van der Waals surface area contributed by atoms with Crippen molar-refractivity contribution in [3.8, 4) is 0 Å². The van der Waals surface area contributed by atoms with Crippen LogP contribution in [0.5, 0.6) is 0 Å². The summed E-state index contributed by atoms with van der Waals surface area (Å²) in [5.41, 5.74) is 2.92. The van der Waals surface area contributed by atoms with Crippen molar-refractivity contribution in [1.82, 2.24) is 10.2 Å². The monoisotopic (exact) mass is 422 g/mol. The second-order valence-electron chi connectivity index (χ2n) is 7.97. The van der Waals surface area contributed by atoms with E-state index in [1.165, 1.54) is 49.7 Å². The van der Waals surface area contributed by atoms with E-state index in [1.807, 2.05) is 0 Å². The Kier molecular flexibility index (Phi) is 11.8. The van der Waals surface area contributed by atoms with Crippen molar-refractivity contribution in [2.24, 2.45) is 5.92 Å². The van der Waals surface area contributed by atoms with E-state index in [0.29, 0.717) is 12.1 Å². The summed E-state index contributed by atoms with van der Waals surface area (Å²) in [4.78, 5) is 2.41. The fourth-order valence-electron chi connectivity index (χ4n) is 4.52. The maximum absolute atomic E-state index is 3.81. The maximum Gasteiger partial charge on any atom is 0.0370 e. The molecule has 0 amide bonds. The Morgan fingerprint density at radius 2 is 1.43 bits per heavy atom. The molecule has 1 aliphatic rings. The van der Waals surface area contributed by atoms with Gasteiger partial charge in [0.1, 0.15) is 0 Å². The standard InChI is InChI=1S/C24H34N2.2ClH/c1-26(2)24(21-13-7-4-8-14-21)22-15-17-23(18-16-22)25-19-9-12-20-10-5-3-6-11-20;;/h3-8,10-11,13-14,22-25H,9,12,15-19H2,1-2H3;2*1H. The number of nitrogens with zero attached hydrogens (tertiary/aromatic N) is 1. The van der Waals surface area contributed by atoms with Gasteiger partial charge in [-0.05, 0) is 76.2 Å². The fraction of sp³-hybridized carbons (Fsp3) is 0.500. The zero-order valence-corrected chi connectivity index (χ0v) is 18.9. The van der Waals surface area contributed by atoms with Gasteiger partial charge >= 0.3 is 0 Å². The van der Waals surface area contributed by atoms with Crippen molar-refractivity contribution >= 4 is 24.8 Å². The number of rotatable bonds is 8. The Hall–Kier alpha value is -1.06. The van der Waals surface area contributed by atoms with Gasteiger partial charge in [-0.3, -0.25) is 0 Å². The molecule has 4 heteroatoms. The highest BCUT2D eigenvalue weighted by Gasteiger charge is 2.29. The predicted octanol–water partition coefficient (Wildman–Crippen LogP) is 5.91. The van der Waals surface area contributed by atoms with Crippen LogP contribution in [0.1, 0.15) is 49.3 Å². The number of nitrogens with one attached hydrogen (secondary N) is 1. The van der Waals surface area contributed by atoms with Crippen molar-refractivity contribution < 1.29 is 0 Å². The average Bonchev–Trinajstić information content (AvgIpc) is 2.68. The molecule has 0 aromatic heterocycles. The largest absolute Gasteiger partial charge is 0.314 e. The number of benzene rings is 2. The van der Waals surface area contributed by atoms with Crippen LogP contribution in [0.3, 0.4) is 0 Å². The van der Waals surface area contributed by atoms with Gasteiger partial charge in [0.2, 0.25) is 0 Å². The minimum atomic E-state index is 0. The molecule has 156 valence electrons. The topological polar surface area (TPSA) is 15.3 Å². The average molecular weight is 423 g/mol. The normalized spacial score (nSPS) is 20.1. The summed E-state index contributed by atoms with van der Waals surface area (Å²) in [7, 11) is 4.46. The molecule has 1 unspecified atom stereocenters. The zero-order valence-electron chi connectivity index (χ0n) is 17.2. The van der Waals surface area contributed by atoms with Crippen LogP contribution in [0, 0.1) is 5.92 Å². The van der Waals surface area contributed by atoms with Gasteiger partial charge in [0, 0.05) is 12.1 Å². The lowest BCUT2D eigenvalue weighted by Crippen LogP contribution is -2.37. The van der Waals surface area contributed by atoms with E-state index in [-0.39, 0.29) is 24.8 Å². The Balaban J connectivity index is 0.00000196.